The van der Waals surface area contributed by atoms with Crippen LogP contribution in [0, 0.1) is 0 Å². The molecule has 0 radical (unpaired) electrons. The van der Waals surface area contributed by atoms with E-state index < -0.39 is 11.8 Å². The number of unbranched alkanes of at least 4 members (excludes halogenated alkanes) is 1. The molecule has 0 heterocycles. The molecule has 0 atom stereocenters. The summed E-state index contributed by atoms with van der Waals surface area (Å²) >= 11 is 0. The van der Waals surface area contributed by atoms with E-state index in [1.54, 1.807) is 0 Å². The van der Waals surface area contributed by atoms with Gasteiger partial charge in [0, 0.05) is 24.0 Å². The van der Waals surface area contributed by atoms with Gasteiger partial charge in [-0.3, -0.25) is 19.2 Å². The van der Waals surface area contributed by atoms with Gasteiger partial charge in [-0.2, -0.15) is 0 Å². The van der Waals surface area contributed by atoms with Crippen molar-refractivity contribution < 1.29 is 19.2 Å². The minimum atomic E-state index is -0.522. The topological polar surface area (TPSA) is 172 Å². The Balaban J connectivity index is 0.000000409. The summed E-state index contributed by atoms with van der Waals surface area (Å²) in [7, 11) is 0. The zero-order valence-electron chi connectivity index (χ0n) is 12.1. The van der Waals surface area contributed by atoms with Gasteiger partial charge >= 0.3 is 0 Å². The van der Waals surface area contributed by atoms with E-state index in [2.05, 4.69) is 0 Å². The Hall–Kier alpha value is -2.90. The maximum atomic E-state index is 10.6. The molecular weight excluding hydrogens is 288 g/mol. The van der Waals surface area contributed by atoms with Crippen LogP contribution in [0.25, 0.3) is 0 Å². The molecule has 1 aromatic carbocycles. The van der Waals surface area contributed by atoms with E-state index in [4.69, 9.17) is 22.9 Å². The number of carbonyl (C=O) groups is 4. The third-order valence-corrected chi connectivity index (χ3v) is 2.55. The third kappa shape index (κ3) is 9.08. The van der Waals surface area contributed by atoms with E-state index in [0.29, 0.717) is 36.8 Å². The Kier molecular flexibility index (Phi) is 8.61. The summed E-state index contributed by atoms with van der Waals surface area (Å²) in [6.45, 7) is 0. The molecule has 0 aromatic heterocycles. The third-order valence-electron chi connectivity index (χ3n) is 2.55. The molecule has 8 N–H and O–H groups in total. The van der Waals surface area contributed by atoms with Crippen LogP contribution >= 0.6 is 0 Å². The Morgan fingerprint density at radius 3 is 1.09 bits per heavy atom. The van der Waals surface area contributed by atoms with Crippen molar-refractivity contribution in [3.8, 4) is 0 Å². The first-order chi connectivity index (χ1) is 10.2. The number of carbonyl (C=O) groups excluding carboxylic acids is 4. The molecular formula is C14H20N4O4. The van der Waals surface area contributed by atoms with Crippen LogP contribution in [-0.2, 0) is 9.59 Å². The van der Waals surface area contributed by atoms with Gasteiger partial charge in [0.05, 0.1) is 0 Å². The van der Waals surface area contributed by atoms with Crippen LogP contribution < -0.4 is 22.9 Å². The average Bonchev–Trinajstić information content (AvgIpc) is 2.44. The summed E-state index contributed by atoms with van der Waals surface area (Å²) in [5, 5.41) is 0. The summed E-state index contributed by atoms with van der Waals surface area (Å²) in [6.07, 6.45) is 1.98. The quantitative estimate of drug-likeness (QED) is 0.493. The normalized spacial score (nSPS) is 9.27. The van der Waals surface area contributed by atoms with Crippen molar-refractivity contribution in [2.45, 2.75) is 25.7 Å². The fourth-order valence-electron chi connectivity index (χ4n) is 1.40. The summed E-state index contributed by atoms with van der Waals surface area (Å²) in [5.74, 6) is -1.70. The highest BCUT2D eigenvalue weighted by Crippen LogP contribution is 2.02. The maximum Gasteiger partial charge on any atom is 0.248 e. The smallest absolute Gasteiger partial charge is 0.248 e. The lowest BCUT2D eigenvalue weighted by molar-refractivity contribution is -0.119. The molecule has 0 spiro atoms. The molecule has 120 valence electrons. The Bertz CT molecular complexity index is 491. The average molecular weight is 308 g/mol. The highest BCUT2D eigenvalue weighted by atomic mass is 16.2. The van der Waals surface area contributed by atoms with E-state index in [1.165, 1.54) is 24.3 Å². The summed E-state index contributed by atoms with van der Waals surface area (Å²) in [5.41, 5.74) is 20.4. The lowest BCUT2D eigenvalue weighted by atomic mass is 10.1. The van der Waals surface area contributed by atoms with Crippen LogP contribution in [0.15, 0.2) is 24.3 Å². The second-order valence-electron chi connectivity index (χ2n) is 4.45. The van der Waals surface area contributed by atoms with Gasteiger partial charge in [0.2, 0.25) is 23.6 Å². The van der Waals surface area contributed by atoms with E-state index in [-0.39, 0.29) is 11.8 Å². The molecule has 0 aliphatic carbocycles. The predicted molar refractivity (Wildman–Crippen MR) is 80.3 cm³/mol. The van der Waals surface area contributed by atoms with Crippen molar-refractivity contribution in [1.82, 2.24) is 0 Å². The second kappa shape index (κ2) is 9.92. The predicted octanol–water partition coefficient (Wildman–Crippen LogP) is -0.598. The molecule has 0 bridgehead atoms. The van der Waals surface area contributed by atoms with E-state index in [0.717, 1.165) is 0 Å². The first-order valence-corrected chi connectivity index (χ1v) is 6.50. The van der Waals surface area contributed by atoms with E-state index in [1.807, 2.05) is 0 Å². The largest absolute Gasteiger partial charge is 0.370 e. The minimum absolute atomic E-state index is 0.329. The van der Waals surface area contributed by atoms with Gasteiger partial charge in [-0.25, -0.2) is 0 Å². The molecule has 8 nitrogen and oxygen atoms in total. The molecule has 0 aliphatic rings. The lowest BCUT2D eigenvalue weighted by Crippen LogP contribution is -2.13. The first kappa shape index (κ1) is 19.1. The molecule has 8 heteroatoms. The Morgan fingerprint density at radius 1 is 0.636 bits per heavy atom. The van der Waals surface area contributed by atoms with Crippen molar-refractivity contribution in [3.63, 3.8) is 0 Å². The van der Waals surface area contributed by atoms with Gasteiger partial charge in [-0.15, -0.1) is 0 Å². The monoisotopic (exact) mass is 308 g/mol. The minimum Gasteiger partial charge on any atom is -0.370 e. The van der Waals surface area contributed by atoms with Gasteiger partial charge in [0.25, 0.3) is 0 Å². The summed E-state index contributed by atoms with van der Waals surface area (Å²) in [6, 6.07) is 5.84. The number of primary amides is 4. The van der Waals surface area contributed by atoms with Crippen LogP contribution in [0.1, 0.15) is 46.4 Å². The highest BCUT2D eigenvalue weighted by molar-refractivity contribution is 5.96. The maximum absolute atomic E-state index is 10.6. The molecule has 0 saturated heterocycles. The lowest BCUT2D eigenvalue weighted by Gasteiger charge is -1.96. The van der Waals surface area contributed by atoms with Crippen molar-refractivity contribution >= 4 is 23.6 Å². The molecule has 1 aromatic rings. The number of nitrogens with two attached hydrogens (primary N) is 4. The van der Waals surface area contributed by atoms with E-state index in [9.17, 15) is 19.2 Å². The van der Waals surface area contributed by atoms with Crippen LogP contribution in [0.2, 0.25) is 0 Å². The Labute approximate surface area is 127 Å². The highest BCUT2D eigenvalue weighted by Gasteiger charge is 2.02. The fraction of sp³-hybridized carbons (Fsp3) is 0.286. The molecule has 22 heavy (non-hydrogen) atoms. The van der Waals surface area contributed by atoms with Crippen LogP contribution in [-0.4, -0.2) is 23.6 Å². The van der Waals surface area contributed by atoms with E-state index >= 15 is 0 Å². The van der Waals surface area contributed by atoms with Gasteiger partial charge < -0.3 is 22.9 Å². The molecule has 0 saturated carbocycles. The van der Waals surface area contributed by atoms with Gasteiger partial charge in [0.15, 0.2) is 0 Å². The number of amides is 4. The fourth-order valence-corrected chi connectivity index (χ4v) is 1.40. The number of benzene rings is 1. The Morgan fingerprint density at radius 2 is 0.909 bits per heavy atom. The van der Waals surface area contributed by atoms with Crippen LogP contribution in [0.5, 0.6) is 0 Å². The zero-order chi connectivity index (χ0) is 17.1. The summed E-state index contributed by atoms with van der Waals surface area (Å²) < 4.78 is 0. The molecule has 0 aliphatic heterocycles. The number of hydrogen-bond donors (Lipinski definition) is 4. The standard InChI is InChI=1S/C8H8N2O2.C6H12N2O2/c9-7(11)5-1-2-6(4-3-5)8(10)12;7-5(9)3-1-2-4-6(8)10/h1-4H,(H2,9,11)(H2,10,12);1-4H2,(H2,7,9)(H2,8,10). The van der Waals surface area contributed by atoms with Gasteiger partial charge in [-0.05, 0) is 37.1 Å². The number of hydrogen-bond acceptors (Lipinski definition) is 4. The molecule has 0 fully saturated rings. The van der Waals surface area contributed by atoms with Crippen molar-refractivity contribution in [2.24, 2.45) is 22.9 Å². The van der Waals surface area contributed by atoms with Crippen LogP contribution in [0.4, 0.5) is 0 Å². The SMILES string of the molecule is NC(=O)CCCCC(N)=O.NC(=O)c1ccc(C(N)=O)cc1. The first-order valence-electron chi connectivity index (χ1n) is 6.50. The van der Waals surface area contributed by atoms with Gasteiger partial charge in [0.1, 0.15) is 0 Å². The second-order valence-corrected chi connectivity index (χ2v) is 4.45. The summed E-state index contributed by atoms with van der Waals surface area (Å²) in [4.78, 5) is 41.5. The zero-order valence-corrected chi connectivity index (χ0v) is 12.1. The van der Waals surface area contributed by atoms with Gasteiger partial charge in [-0.1, -0.05) is 0 Å². The molecule has 1 rings (SSSR count). The molecule has 0 unspecified atom stereocenters. The van der Waals surface area contributed by atoms with Crippen molar-refractivity contribution in [1.29, 1.82) is 0 Å². The van der Waals surface area contributed by atoms with Crippen molar-refractivity contribution in [3.05, 3.63) is 35.4 Å². The molecule has 4 amide bonds. The number of rotatable bonds is 7. The van der Waals surface area contributed by atoms with Crippen LogP contribution in [0.3, 0.4) is 0 Å². The van der Waals surface area contributed by atoms with Crippen molar-refractivity contribution in [2.75, 3.05) is 0 Å².